The van der Waals surface area contributed by atoms with E-state index < -0.39 is 16.2 Å². The highest BCUT2D eigenvalue weighted by Crippen LogP contribution is 1.97. The van der Waals surface area contributed by atoms with Gasteiger partial charge in [0, 0.05) is 14.2 Å². The van der Waals surface area contributed by atoms with Crippen LogP contribution in [0.15, 0.2) is 0 Å². The van der Waals surface area contributed by atoms with E-state index in [0.29, 0.717) is 0 Å². The molecule has 0 unspecified atom stereocenters. The second kappa shape index (κ2) is 9.15. The number of hydrogen-bond acceptors (Lipinski definition) is 4. The smallest absolute Gasteiger partial charge is 0.261 e. The summed E-state index contributed by atoms with van der Waals surface area (Å²) in [6.45, 7) is 0.307. The van der Waals surface area contributed by atoms with E-state index in [9.17, 15) is 0 Å². The topological polar surface area (TPSA) is 53.7 Å². The summed E-state index contributed by atoms with van der Waals surface area (Å²) >= 11 is 0. The molecule has 0 aromatic rings. The summed E-state index contributed by atoms with van der Waals surface area (Å²) in [5.74, 6) is 0. The van der Waals surface area contributed by atoms with Gasteiger partial charge >= 0.3 is 0 Å². The molecule has 0 aliphatic carbocycles. The van der Waals surface area contributed by atoms with Crippen LogP contribution in [0.4, 0.5) is 0 Å². The Hall–Kier alpha value is 0.0569. The van der Waals surface area contributed by atoms with Crippen LogP contribution in [0.1, 0.15) is 12.8 Å². The lowest BCUT2D eigenvalue weighted by atomic mass is 10.3. The van der Waals surface area contributed by atoms with Gasteiger partial charge in [-0.15, -0.1) is 0 Å². The van der Waals surface area contributed by atoms with Gasteiger partial charge in [0.1, 0.15) is 0 Å². The van der Waals surface area contributed by atoms with E-state index in [1.165, 1.54) is 0 Å². The highest BCUT2D eigenvalue weighted by Gasteiger charge is 2.02. The van der Waals surface area contributed by atoms with Crippen molar-refractivity contribution in [2.45, 2.75) is 25.4 Å². The predicted molar refractivity (Wildman–Crippen MR) is 50.5 cm³/mol. The Bertz CT molecular complexity index is 90.7. The van der Waals surface area contributed by atoms with Gasteiger partial charge in [-0.25, -0.2) is 0 Å². The Morgan fingerprint density at radius 1 is 1.25 bits per heavy atom. The minimum Gasteiger partial charge on any atom is -0.379 e. The quantitative estimate of drug-likeness (QED) is 0.330. The van der Waals surface area contributed by atoms with E-state index in [1.807, 2.05) is 0 Å². The fraction of sp³-hybridized carbons (Fsp3) is 1.00. The molecule has 0 rings (SSSR count). The second-order valence-electron chi connectivity index (χ2n) is 2.48. The molecule has 0 aliphatic rings. The lowest BCUT2D eigenvalue weighted by Gasteiger charge is -2.13. The molecule has 2 N–H and O–H groups in total. The van der Waals surface area contributed by atoms with Crippen molar-refractivity contribution >= 4 is 9.76 Å². The Morgan fingerprint density at radius 3 is 2.42 bits per heavy atom. The molecule has 0 fully saturated rings. The fourth-order valence-corrected chi connectivity index (χ4v) is 2.02. The molecule has 74 valence electrons. The molecular weight excluding hydrogens is 174 g/mol. The first-order valence-corrected chi connectivity index (χ1v) is 5.80. The van der Waals surface area contributed by atoms with E-state index in [4.69, 9.17) is 19.6 Å². The lowest BCUT2D eigenvalue weighted by molar-refractivity contribution is -0.219. The zero-order valence-corrected chi connectivity index (χ0v) is 9.33. The van der Waals surface area contributed by atoms with Crippen LogP contribution >= 0.6 is 0 Å². The summed E-state index contributed by atoms with van der Waals surface area (Å²) in [5.41, 5.74) is 5.35. The summed E-state index contributed by atoms with van der Waals surface area (Å²) < 4.78 is 15.1. The van der Waals surface area contributed by atoms with Crippen molar-refractivity contribution in [1.82, 2.24) is 0 Å². The van der Waals surface area contributed by atoms with Crippen LogP contribution in [0, 0.1) is 0 Å². The van der Waals surface area contributed by atoms with Crippen LogP contribution < -0.4 is 5.73 Å². The summed E-state index contributed by atoms with van der Waals surface area (Å²) in [5, 5.41) is 0. The van der Waals surface area contributed by atoms with Crippen molar-refractivity contribution < 1.29 is 13.9 Å². The number of unbranched alkanes of at least 4 members (excludes halogenated alkanes) is 1. The van der Waals surface area contributed by atoms with Crippen LogP contribution in [-0.2, 0) is 13.9 Å². The zero-order valence-electron chi connectivity index (χ0n) is 7.91. The van der Waals surface area contributed by atoms with Crippen LogP contribution in [0.2, 0.25) is 6.04 Å². The normalized spacial score (nSPS) is 12.0. The summed E-state index contributed by atoms with van der Waals surface area (Å²) in [7, 11) is 2.66. The zero-order chi connectivity index (χ0) is 9.23. The highest BCUT2D eigenvalue weighted by atomic mass is 28.2. The average molecular weight is 193 g/mol. The first kappa shape index (κ1) is 12.1. The van der Waals surface area contributed by atoms with Crippen LogP contribution in [0.25, 0.3) is 0 Å². The molecule has 5 heteroatoms. The maximum absolute atomic E-state index is 5.35. The van der Waals surface area contributed by atoms with E-state index in [2.05, 4.69) is 0 Å². The monoisotopic (exact) mass is 193 g/mol. The molecule has 0 radical (unpaired) electrons. The molecule has 0 saturated heterocycles. The van der Waals surface area contributed by atoms with Gasteiger partial charge in [-0.1, -0.05) is 6.42 Å². The molecule has 4 nitrogen and oxygen atoms in total. The maximum Gasteiger partial charge on any atom is 0.261 e. The maximum atomic E-state index is 5.35. The first-order chi connectivity index (χ1) is 5.85. The number of methoxy groups -OCH3 is 2. The molecule has 0 saturated carbocycles. The van der Waals surface area contributed by atoms with E-state index >= 15 is 0 Å². The van der Waals surface area contributed by atoms with Crippen molar-refractivity contribution in [3.05, 3.63) is 0 Å². The van der Waals surface area contributed by atoms with Gasteiger partial charge in [0.25, 0.3) is 6.48 Å². The van der Waals surface area contributed by atoms with Crippen LogP contribution in [0.5, 0.6) is 0 Å². The molecule has 0 spiro atoms. The van der Waals surface area contributed by atoms with Gasteiger partial charge in [-0.3, -0.25) is 0 Å². The second-order valence-corrected chi connectivity index (χ2v) is 3.93. The standard InChI is InChI=1S/C7H19NO3Si/c1-9-7(10-2)11-12-6-4-3-5-8/h7H,3-6,8,12H2,1-2H3. The van der Waals surface area contributed by atoms with Crippen molar-refractivity contribution in [3.8, 4) is 0 Å². The van der Waals surface area contributed by atoms with Gasteiger partial charge in [0.15, 0.2) is 9.76 Å². The Balaban J connectivity index is 3.06. The molecular formula is C7H19NO3Si. The fourth-order valence-electron chi connectivity index (χ4n) is 0.835. The van der Waals surface area contributed by atoms with Crippen molar-refractivity contribution in [2.24, 2.45) is 5.73 Å². The predicted octanol–water partition coefficient (Wildman–Crippen LogP) is -0.180. The van der Waals surface area contributed by atoms with Gasteiger partial charge in [0.2, 0.25) is 0 Å². The number of hydrogen-bond donors (Lipinski definition) is 1. The van der Waals surface area contributed by atoms with Gasteiger partial charge in [-0.05, 0) is 19.0 Å². The lowest BCUT2D eigenvalue weighted by Crippen LogP contribution is -2.19. The summed E-state index contributed by atoms with van der Waals surface area (Å²) in [6, 6.07) is 1.14. The van der Waals surface area contributed by atoms with Gasteiger partial charge in [-0.2, -0.15) is 0 Å². The number of ether oxygens (including phenoxy) is 2. The Morgan fingerprint density at radius 2 is 1.92 bits per heavy atom. The minimum atomic E-state index is -0.484. The third-order valence-corrected chi connectivity index (χ3v) is 2.78. The minimum absolute atomic E-state index is 0.463. The van der Waals surface area contributed by atoms with Crippen LogP contribution in [0.3, 0.4) is 0 Å². The van der Waals surface area contributed by atoms with E-state index in [-0.39, 0.29) is 0 Å². The van der Waals surface area contributed by atoms with Gasteiger partial charge in [0.05, 0.1) is 0 Å². The molecule has 0 aromatic carbocycles. The molecule has 0 atom stereocenters. The molecule has 0 amide bonds. The number of nitrogens with two attached hydrogens (primary N) is 1. The highest BCUT2D eigenvalue weighted by molar-refractivity contribution is 6.27. The number of rotatable bonds is 8. The summed E-state index contributed by atoms with van der Waals surface area (Å²) in [6.07, 6.45) is 2.24. The van der Waals surface area contributed by atoms with E-state index in [0.717, 1.165) is 25.4 Å². The molecule has 0 bridgehead atoms. The molecule has 0 aliphatic heterocycles. The first-order valence-electron chi connectivity index (χ1n) is 4.22. The Labute approximate surface area is 76.3 Å². The molecule has 12 heavy (non-hydrogen) atoms. The van der Waals surface area contributed by atoms with Crippen molar-refractivity contribution in [2.75, 3.05) is 20.8 Å². The Kier molecular flexibility index (Phi) is 9.19. The van der Waals surface area contributed by atoms with Crippen molar-refractivity contribution in [1.29, 1.82) is 0 Å². The third-order valence-electron chi connectivity index (χ3n) is 1.49. The van der Waals surface area contributed by atoms with Gasteiger partial charge < -0.3 is 19.6 Å². The van der Waals surface area contributed by atoms with E-state index in [1.54, 1.807) is 14.2 Å². The average Bonchev–Trinajstić information content (AvgIpc) is 2.11. The SMILES string of the molecule is COC(OC)O[SiH2]CCCCN. The molecule has 0 heterocycles. The largest absolute Gasteiger partial charge is 0.379 e. The molecule has 0 aromatic heterocycles. The van der Waals surface area contributed by atoms with Crippen molar-refractivity contribution in [3.63, 3.8) is 0 Å². The summed E-state index contributed by atoms with van der Waals surface area (Å²) in [4.78, 5) is 0. The van der Waals surface area contributed by atoms with Crippen LogP contribution in [-0.4, -0.2) is 37.0 Å². The third kappa shape index (κ3) is 6.75.